The molecular formula is C17H13N3O3. The zero-order valence-corrected chi connectivity index (χ0v) is 12.1. The molecule has 0 aliphatic rings. The van der Waals surface area contributed by atoms with Crippen molar-refractivity contribution in [3.05, 3.63) is 72.4 Å². The SMILES string of the molecule is O=C(O)c1ncnc(-c2ccncc2)c1OCc1ccccc1. The lowest BCUT2D eigenvalue weighted by molar-refractivity contribution is 0.0684. The molecule has 0 unspecified atom stereocenters. The quantitative estimate of drug-likeness (QED) is 0.780. The van der Waals surface area contributed by atoms with Crippen LogP contribution in [0.5, 0.6) is 5.75 Å². The molecule has 1 aromatic carbocycles. The fraction of sp³-hybridized carbons (Fsp3) is 0.0588. The maximum Gasteiger partial charge on any atom is 0.358 e. The lowest BCUT2D eigenvalue weighted by Crippen LogP contribution is -2.08. The van der Waals surface area contributed by atoms with Gasteiger partial charge >= 0.3 is 5.97 Å². The normalized spacial score (nSPS) is 10.3. The van der Waals surface area contributed by atoms with Gasteiger partial charge in [0.25, 0.3) is 0 Å². The highest BCUT2D eigenvalue weighted by Crippen LogP contribution is 2.30. The number of carbonyl (C=O) groups is 1. The monoisotopic (exact) mass is 307 g/mol. The number of hydrogen-bond donors (Lipinski definition) is 1. The van der Waals surface area contributed by atoms with E-state index in [0.717, 1.165) is 5.56 Å². The summed E-state index contributed by atoms with van der Waals surface area (Å²) in [7, 11) is 0. The Hall–Kier alpha value is -3.28. The smallest absolute Gasteiger partial charge is 0.358 e. The Morgan fingerprint density at radius 3 is 2.48 bits per heavy atom. The van der Waals surface area contributed by atoms with Crippen LogP contribution in [0.3, 0.4) is 0 Å². The van der Waals surface area contributed by atoms with Crippen LogP contribution in [0.15, 0.2) is 61.2 Å². The Balaban J connectivity index is 2.00. The van der Waals surface area contributed by atoms with Crippen LogP contribution < -0.4 is 4.74 Å². The van der Waals surface area contributed by atoms with E-state index in [2.05, 4.69) is 15.0 Å². The summed E-state index contributed by atoms with van der Waals surface area (Å²) in [4.78, 5) is 23.4. The van der Waals surface area contributed by atoms with E-state index in [9.17, 15) is 9.90 Å². The molecule has 0 fully saturated rings. The summed E-state index contributed by atoms with van der Waals surface area (Å²) < 4.78 is 5.74. The molecule has 23 heavy (non-hydrogen) atoms. The van der Waals surface area contributed by atoms with Crippen molar-refractivity contribution in [3.8, 4) is 17.0 Å². The summed E-state index contributed by atoms with van der Waals surface area (Å²) in [5.41, 5.74) is 1.90. The summed E-state index contributed by atoms with van der Waals surface area (Å²) in [6.45, 7) is 0.229. The third-order valence-corrected chi connectivity index (χ3v) is 3.19. The number of benzene rings is 1. The predicted molar refractivity (Wildman–Crippen MR) is 83.0 cm³/mol. The van der Waals surface area contributed by atoms with Gasteiger partial charge in [0.2, 0.25) is 0 Å². The van der Waals surface area contributed by atoms with E-state index in [1.54, 1.807) is 24.5 Å². The van der Waals surface area contributed by atoms with Gasteiger partial charge in [-0.3, -0.25) is 4.98 Å². The first-order valence-electron chi connectivity index (χ1n) is 6.91. The predicted octanol–water partition coefficient (Wildman–Crippen LogP) is 2.82. The lowest BCUT2D eigenvalue weighted by atomic mass is 10.1. The van der Waals surface area contributed by atoms with Gasteiger partial charge in [-0.15, -0.1) is 0 Å². The summed E-state index contributed by atoms with van der Waals surface area (Å²) in [5, 5.41) is 9.35. The summed E-state index contributed by atoms with van der Waals surface area (Å²) >= 11 is 0. The van der Waals surface area contributed by atoms with Crippen molar-refractivity contribution in [2.75, 3.05) is 0 Å². The van der Waals surface area contributed by atoms with Gasteiger partial charge in [0.1, 0.15) is 18.6 Å². The zero-order chi connectivity index (χ0) is 16.1. The van der Waals surface area contributed by atoms with Crippen molar-refractivity contribution >= 4 is 5.97 Å². The molecule has 114 valence electrons. The third-order valence-electron chi connectivity index (χ3n) is 3.19. The van der Waals surface area contributed by atoms with E-state index in [1.807, 2.05) is 30.3 Å². The summed E-state index contributed by atoms with van der Waals surface area (Å²) in [5.74, 6) is -1.01. The molecule has 0 radical (unpaired) electrons. The zero-order valence-electron chi connectivity index (χ0n) is 12.1. The average molecular weight is 307 g/mol. The second-order valence-electron chi connectivity index (χ2n) is 4.72. The van der Waals surface area contributed by atoms with E-state index < -0.39 is 5.97 Å². The maximum atomic E-state index is 11.4. The molecule has 3 aromatic rings. The second kappa shape index (κ2) is 6.65. The fourth-order valence-electron chi connectivity index (χ4n) is 2.11. The molecule has 0 aliphatic carbocycles. The van der Waals surface area contributed by atoms with E-state index in [4.69, 9.17) is 4.74 Å². The van der Waals surface area contributed by atoms with Crippen LogP contribution in [-0.4, -0.2) is 26.0 Å². The Morgan fingerprint density at radius 2 is 1.78 bits per heavy atom. The van der Waals surface area contributed by atoms with Crippen LogP contribution in [0, 0.1) is 0 Å². The van der Waals surface area contributed by atoms with E-state index in [0.29, 0.717) is 11.3 Å². The second-order valence-corrected chi connectivity index (χ2v) is 4.72. The highest BCUT2D eigenvalue weighted by Gasteiger charge is 2.19. The van der Waals surface area contributed by atoms with Crippen molar-refractivity contribution in [1.82, 2.24) is 15.0 Å². The van der Waals surface area contributed by atoms with Crippen molar-refractivity contribution in [3.63, 3.8) is 0 Å². The minimum atomic E-state index is -1.16. The van der Waals surface area contributed by atoms with Gasteiger partial charge in [0.05, 0.1) is 0 Å². The number of nitrogens with zero attached hydrogens (tertiary/aromatic N) is 3. The molecule has 0 atom stereocenters. The van der Waals surface area contributed by atoms with Crippen LogP contribution >= 0.6 is 0 Å². The molecule has 0 saturated carbocycles. The first-order chi connectivity index (χ1) is 11.3. The standard InChI is InChI=1S/C17H13N3O3/c21-17(22)15-16(23-10-12-4-2-1-3-5-12)14(19-11-20-15)13-6-8-18-9-7-13/h1-9,11H,10H2,(H,21,22). The number of carboxylic acids is 1. The van der Waals surface area contributed by atoms with Crippen LogP contribution in [-0.2, 0) is 6.61 Å². The highest BCUT2D eigenvalue weighted by molar-refractivity contribution is 5.91. The molecule has 2 aromatic heterocycles. The molecule has 0 saturated heterocycles. The molecule has 6 heteroatoms. The Kier molecular flexibility index (Phi) is 4.24. The number of hydrogen-bond acceptors (Lipinski definition) is 5. The van der Waals surface area contributed by atoms with Crippen molar-refractivity contribution in [1.29, 1.82) is 0 Å². The molecule has 0 bridgehead atoms. The van der Waals surface area contributed by atoms with Crippen molar-refractivity contribution in [2.24, 2.45) is 0 Å². The lowest BCUT2D eigenvalue weighted by Gasteiger charge is -2.12. The van der Waals surface area contributed by atoms with Gasteiger partial charge < -0.3 is 9.84 Å². The van der Waals surface area contributed by atoms with Gasteiger partial charge in [0.15, 0.2) is 11.4 Å². The largest absolute Gasteiger partial charge is 0.484 e. The van der Waals surface area contributed by atoms with E-state index in [-0.39, 0.29) is 18.1 Å². The van der Waals surface area contributed by atoms with Crippen molar-refractivity contribution < 1.29 is 14.6 Å². The Morgan fingerprint density at radius 1 is 1.04 bits per heavy atom. The maximum absolute atomic E-state index is 11.4. The third kappa shape index (κ3) is 3.32. The summed E-state index contributed by atoms with van der Waals surface area (Å²) in [6.07, 6.45) is 4.44. The van der Waals surface area contributed by atoms with Gasteiger partial charge in [-0.2, -0.15) is 0 Å². The molecule has 0 spiro atoms. The fourth-order valence-corrected chi connectivity index (χ4v) is 2.11. The van der Waals surface area contributed by atoms with Gasteiger partial charge in [0, 0.05) is 18.0 Å². The number of rotatable bonds is 5. The molecule has 6 nitrogen and oxygen atoms in total. The molecule has 3 rings (SSSR count). The minimum Gasteiger partial charge on any atom is -0.484 e. The number of ether oxygens (including phenoxy) is 1. The van der Waals surface area contributed by atoms with Crippen LogP contribution in [0.1, 0.15) is 16.1 Å². The van der Waals surface area contributed by atoms with Crippen molar-refractivity contribution in [2.45, 2.75) is 6.61 Å². The van der Waals surface area contributed by atoms with Gasteiger partial charge in [-0.05, 0) is 17.7 Å². The van der Waals surface area contributed by atoms with E-state index >= 15 is 0 Å². The van der Waals surface area contributed by atoms with Crippen LogP contribution in [0.25, 0.3) is 11.3 Å². The topological polar surface area (TPSA) is 85.2 Å². The molecular weight excluding hydrogens is 294 g/mol. The first-order valence-corrected chi connectivity index (χ1v) is 6.91. The number of aromatic nitrogens is 3. The molecule has 0 amide bonds. The minimum absolute atomic E-state index is 0.148. The molecule has 0 aliphatic heterocycles. The number of aromatic carboxylic acids is 1. The number of pyridine rings is 1. The Labute approximate surface area is 132 Å². The highest BCUT2D eigenvalue weighted by atomic mass is 16.5. The molecule has 1 N–H and O–H groups in total. The van der Waals surface area contributed by atoms with Crippen LogP contribution in [0.2, 0.25) is 0 Å². The Bertz CT molecular complexity index is 808. The first kappa shape index (κ1) is 14.6. The summed E-state index contributed by atoms with van der Waals surface area (Å²) in [6, 6.07) is 13.0. The van der Waals surface area contributed by atoms with Crippen LogP contribution in [0.4, 0.5) is 0 Å². The molecule has 2 heterocycles. The average Bonchev–Trinajstić information content (AvgIpc) is 2.61. The van der Waals surface area contributed by atoms with E-state index in [1.165, 1.54) is 6.33 Å². The number of carboxylic acid groups (broad SMARTS) is 1. The van der Waals surface area contributed by atoms with Gasteiger partial charge in [-0.25, -0.2) is 14.8 Å². The van der Waals surface area contributed by atoms with Gasteiger partial charge in [-0.1, -0.05) is 30.3 Å².